The van der Waals surface area contributed by atoms with E-state index in [2.05, 4.69) is 24.5 Å². The highest BCUT2D eigenvalue weighted by Gasteiger charge is 2.33. The Labute approximate surface area is 199 Å². The zero-order chi connectivity index (χ0) is 23.6. The fraction of sp³-hybridized carbons (Fsp3) is 0.731. The first-order valence-corrected chi connectivity index (χ1v) is 12.6. The molecule has 2 aliphatic rings. The Morgan fingerprint density at radius 1 is 1.12 bits per heavy atom. The molecule has 0 bridgehead atoms. The maximum absolute atomic E-state index is 13.6. The van der Waals surface area contributed by atoms with Crippen molar-refractivity contribution in [2.45, 2.75) is 70.5 Å². The third kappa shape index (κ3) is 7.33. The smallest absolute Gasteiger partial charge is 0.254 e. The molecule has 2 N–H and O–H groups in total. The second-order valence-corrected chi connectivity index (χ2v) is 9.64. The summed E-state index contributed by atoms with van der Waals surface area (Å²) in [5.41, 5.74) is 0.633. The van der Waals surface area contributed by atoms with E-state index in [-0.39, 0.29) is 11.9 Å². The molecule has 33 heavy (non-hydrogen) atoms. The molecule has 0 radical (unpaired) electrons. The molecule has 3 rings (SSSR count). The van der Waals surface area contributed by atoms with Crippen LogP contribution >= 0.6 is 0 Å². The predicted octanol–water partition coefficient (Wildman–Crippen LogP) is 3.47. The third-order valence-electron chi connectivity index (χ3n) is 6.87. The van der Waals surface area contributed by atoms with Gasteiger partial charge in [0.15, 0.2) is 11.5 Å². The zero-order valence-corrected chi connectivity index (χ0v) is 20.9. The first-order valence-electron chi connectivity index (χ1n) is 12.6. The Morgan fingerprint density at radius 3 is 2.61 bits per heavy atom. The summed E-state index contributed by atoms with van der Waals surface area (Å²) in [6.45, 7) is 7.99. The Hall–Kier alpha value is -1.83. The second kappa shape index (κ2) is 13.2. The fourth-order valence-corrected chi connectivity index (χ4v) is 4.95. The van der Waals surface area contributed by atoms with Crippen LogP contribution in [0.15, 0.2) is 18.2 Å². The van der Waals surface area contributed by atoms with Crippen LogP contribution in [0.3, 0.4) is 0 Å². The summed E-state index contributed by atoms with van der Waals surface area (Å²) in [5, 5.41) is 7.45. The van der Waals surface area contributed by atoms with E-state index in [1.807, 2.05) is 23.1 Å². The first-order chi connectivity index (χ1) is 16.0. The molecule has 0 unspecified atom stereocenters. The molecule has 186 valence electrons. The van der Waals surface area contributed by atoms with E-state index in [0.29, 0.717) is 48.3 Å². The van der Waals surface area contributed by atoms with Gasteiger partial charge in [-0.3, -0.25) is 4.79 Å². The highest BCUT2D eigenvalue weighted by molar-refractivity contribution is 5.95. The number of ether oxygens (including phenoxy) is 3. The number of benzene rings is 1. The molecule has 7 nitrogen and oxygen atoms in total. The summed E-state index contributed by atoms with van der Waals surface area (Å²) in [6, 6.07) is 6.62. The van der Waals surface area contributed by atoms with Gasteiger partial charge in [-0.05, 0) is 44.9 Å². The fourth-order valence-electron chi connectivity index (χ4n) is 4.95. The van der Waals surface area contributed by atoms with Crippen LogP contribution < -0.4 is 20.1 Å². The number of nitrogens with zero attached hydrogens (tertiary/aromatic N) is 1. The van der Waals surface area contributed by atoms with E-state index in [1.54, 1.807) is 14.2 Å². The molecule has 1 heterocycles. The average molecular weight is 462 g/mol. The van der Waals surface area contributed by atoms with Gasteiger partial charge in [-0.2, -0.15) is 0 Å². The minimum Gasteiger partial charge on any atom is -0.493 e. The largest absolute Gasteiger partial charge is 0.493 e. The van der Waals surface area contributed by atoms with Crippen molar-refractivity contribution in [3.8, 4) is 11.5 Å². The summed E-state index contributed by atoms with van der Waals surface area (Å²) in [4.78, 5) is 15.6. The van der Waals surface area contributed by atoms with Crippen LogP contribution in [0.4, 0.5) is 0 Å². The summed E-state index contributed by atoms with van der Waals surface area (Å²) in [7, 11) is 3.29. The molecule has 7 heteroatoms. The lowest BCUT2D eigenvalue weighted by molar-refractivity contribution is 0.0665. The first kappa shape index (κ1) is 25.8. The van der Waals surface area contributed by atoms with Gasteiger partial charge in [0.2, 0.25) is 0 Å². The van der Waals surface area contributed by atoms with Crippen LogP contribution in [0.25, 0.3) is 0 Å². The van der Waals surface area contributed by atoms with Gasteiger partial charge in [-0.15, -0.1) is 0 Å². The molecule has 2 atom stereocenters. The monoisotopic (exact) mass is 461 g/mol. The molecule has 1 saturated heterocycles. The molecular formula is C26H43N3O4. The lowest BCUT2D eigenvalue weighted by Crippen LogP contribution is -2.49. The number of carbonyl (C=O) groups is 1. The van der Waals surface area contributed by atoms with Crippen LogP contribution in [0.5, 0.6) is 11.5 Å². The van der Waals surface area contributed by atoms with Gasteiger partial charge in [-0.25, -0.2) is 0 Å². The normalized spacial score (nSPS) is 21.4. The average Bonchev–Trinajstić information content (AvgIpc) is 3.26. The van der Waals surface area contributed by atoms with Crippen LogP contribution in [0.1, 0.15) is 62.7 Å². The topological polar surface area (TPSA) is 72.1 Å². The van der Waals surface area contributed by atoms with E-state index in [4.69, 9.17) is 14.2 Å². The van der Waals surface area contributed by atoms with Gasteiger partial charge in [0.25, 0.3) is 5.91 Å². The van der Waals surface area contributed by atoms with Gasteiger partial charge in [0, 0.05) is 69.4 Å². The maximum Gasteiger partial charge on any atom is 0.254 e. The van der Waals surface area contributed by atoms with Crippen LogP contribution in [-0.2, 0) is 4.74 Å². The van der Waals surface area contributed by atoms with Crippen LogP contribution in [0.2, 0.25) is 0 Å². The lowest BCUT2D eigenvalue weighted by atomic mass is 9.93. The lowest BCUT2D eigenvalue weighted by Gasteiger charge is -2.34. The third-order valence-corrected chi connectivity index (χ3v) is 6.87. The summed E-state index contributed by atoms with van der Waals surface area (Å²) in [6.07, 6.45) is 7.34. The molecule has 1 aromatic rings. The molecule has 1 amide bonds. The molecule has 2 fully saturated rings. The SMILES string of the molecule is COCCCOc1cc(C(=O)N(C[C@H]2CNC[C@@H]2NC2CCCCC2)C(C)C)ccc1OC. The standard InChI is InChI=1S/C26H43N3O4/c1-19(2)29(18-21-16-27-17-23(21)28-22-9-6-5-7-10-22)26(30)20-11-12-24(32-4)25(15-20)33-14-8-13-31-3/h11-12,15,19,21-23,27-28H,5-10,13-14,16-18H2,1-4H3/t21-,23+/m1/s1. The van der Waals surface area contributed by atoms with Gasteiger partial charge in [-0.1, -0.05) is 19.3 Å². The van der Waals surface area contributed by atoms with Crippen molar-refractivity contribution >= 4 is 5.91 Å². The minimum absolute atomic E-state index is 0.0395. The van der Waals surface area contributed by atoms with Crippen LogP contribution in [0, 0.1) is 5.92 Å². The van der Waals surface area contributed by atoms with Crippen molar-refractivity contribution in [3.05, 3.63) is 23.8 Å². The molecule has 1 aromatic carbocycles. The van der Waals surface area contributed by atoms with E-state index >= 15 is 0 Å². The second-order valence-electron chi connectivity index (χ2n) is 9.64. The minimum atomic E-state index is 0.0395. The number of rotatable bonds is 12. The van der Waals surface area contributed by atoms with E-state index in [0.717, 1.165) is 26.1 Å². The molecular weight excluding hydrogens is 418 g/mol. The Bertz CT molecular complexity index is 736. The highest BCUT2D eigenvalue weighted by atomic mass is 16.5. The predicted molar refractivity (Wildman–Crippen MR) is 131 cm³/mol. The molecule has 1 aliphatic carbocycles. The van der Waals surface area contributed by atoms with E-state index in [9.17, 15) is 4.79 Å². The number of methoxy groups -OCH3 is 2. The van der Waals surface area contributed by atoms with Crippen molar-refractivity contribution < 1.29 is 19.0 Å². The Kier molecular flexibility index (Phi) is 10.3. The Balaban J connectivity index is 1.67. The number of carbonyl (C=O) groups excluding carboxylic acids is 1. The van der Waals surface area contributed by atoms with Gasteiger partial charge >= 0.3 is 0 Å². The van der Waals surface area contributed by atoms with Gasteiger partial charge in [0.05, 0.1) is 13.7 Å². The van der Waals surface area contributed by atoms with Crippen LogP contribution in [-0.4, -0.2) is 76.0 Å². The van der Waals surface area contributed by atoms with E-state index in [1.165, 1.54) is 32.1 Å². The van der Waals surface area contributed by atoms with Crippen molar-refractivity contribution in [2.75, 3.05) is 47.1 Å². The Morgan fingerprint density at radius 2 is 1.91 bits per heavy atom. The number of nitrogens with one attached hydrogen (secondary N) is 2. The quantitative estimate of drug-likeness (QED) is 0.465. The van der Waals surface area contributed by atoms with Gasteiger partial charge in [0.1, 0.15) is 0 Å². The molecule has 1 saturated carbocycles. The number of amides is 1. The van der Waals surface area contributed by atoms with Crippen molar-refractivity contribution in [2.24, 2.45) is 5.92 Å². The molecule has 0 spiro atoms. The summed E-state index contributed by atoms with van der Waals surface area (Å²) in [5.74, 6) is 1.68. The van der Waals surface area contributed by atoms with Crippen molar-refractivity contribution in [1.82, 2.24) is 15.5 Å². The van der Waals surface area contributed by atoms with Crippen molar-refractivity contribution in [3.63, 3.8) is 0 Å². The summed E-state index contributed by atoms with van der Waals surface area (Å²) >= 11 is 0. The maximum atomic E-state index is 13.6. The van der Waals surface area contributed by atoms with E-state index < -0.39 is 0 Å². The molecule has 1 aliphatic heterocycles. The highest BCUT2D eigenvalue weighted by Crippen LogP contribution is 2.29. The molecule has 0 aromatic heterocycles. The van der Waals surface area contributed by atoms with Gasteiger partial charge < -0.3 is 29.7 Å². The number of hydrogen-bond acceptors (Lipinski definition) is 6. The van der Waals surface area contributed by atoms with Crippen molar-refractivity contribution in [1.29, 1.82) is 0 Å². The summed E-state index contributed by atoms with van der Waals surface area (Å²) < 4.78 is 16.4. The zero-order valence-electron chi connectivity index (χ0n) is 20.9. The number of hydrogen-bond donors (Lipinski definition) is 2.